The molecule has 3 aromatic heterocycles. The number of aromatic nitrogens is 5. The molecule has 0 saturated carbocycles. The Morgan fingerprint density at radius 1 is 1.23 bits per heavy atom. The zero-order chi connectivity index (χ0) is 21.1. The lowest BCUT2D eigenvalue weighted by Crippen LogP contribution is -2.09. The SMILES string of the molecule is CCOC(=O)c1cnc(-c2cc(-c3ccon3)n(Cc3ccccc3F)n2)nc1C. The minimum atomic E-state index is -0.477. The Morgan fingerprint density at radius 2 is 2.07 bits per heavy atom. The number of carbonyl (C=O) groups excluding carboxylic acids is 1. The first kappa shape index (κ1) is 19.4. The van der Waals surface area contributed by atoms with Crippen molar-refractivity contribution in [3.05, 3.63) is 71.5 Å². The predicted octanol–water partition coefficient (Wildman–Crippen LogP) is 3.67. The molecule has 0 N–H and O–H groups in total. The van der Waals surface area contributed by atoms with Crippen LogP contribution in [0.2, 0.25) is 0 Å². The van der Waals surface area contributed by atoms with E-state index in [2.05, 4.69) is 20.2 Å². The van der Waals surface area contributed by atoms with E-state index < -0.39 is 5.97 Å². The minimum absolute atomic E-state index is 0.189. The summed E-state index contributed by atoms with van der Waals surface area (Å²) in [6, 6.07) is 9.92. The molecular formula is C21H18FN5O3. The highest BCUT2D eigenvalue weighted by atomic mass is 19.1. The molecule has 4 aromatic rings. The molecule has 0 radical (unpaired) electrons. The average Bonchev–Trinajstić information content (AvgIpc) is 3.39. The van der Waals surface area contributed by atoms with Gasteiger partial charge in [-0.05, 0) is 26.0 Å². The summed E-state index contributed by atoms with van der Waals surface area (Å²) in [6.45, 7) is 3.89. The molecular weight excluding hydrogens is 389 g/mol. The first-order chi connectivity index (χ1) is 14.6. The molecule has 8 nitrogen and oxygen atoms in total. The van der Waals surface area contributed by atoms with E-state index in [1.807, 2.05) is 0 Å². The maximum atomic E-state index is 14.2. The Kier molecular flexibility index (Phi) is 5.34. The van der Waals surface area contributed by atoms with Crippen LogP contribution in [0.15, 0.2) is 53.4 Å². The quantitative estimate of drug-likeness (QED) is 0.450. The Morgan fingerprint density at radius 3 is 2.77 bits per heavy atom. The van der Waals surface area contributed by atoms with E-state index in [0.717, 1.165) is 0 Å². The van der Waals surface area contributed by atoms with Gasteiger partial charge in [0.15, 0.2) is 5.82 Å². The highest BCUT2D eigenvalue weighted by molar-refractivity contribution is 5.90. The predicted molar refractivity (Wildman–Crippen MR) is 105 cm³/mol. The van der Waals surface area contributed by atoms with Gasteiger partial charge in [-0.15, -0.1) is 0 Å². The summed E-state index contributed by atoms with van der Waals surface area (Å²) < 4.78 is 25.7. The number of carbonyl (C=O) groups is 1. The Balaban J connectivity index is 1.74. The van der Waals surface area contributed by atoms with Gasteiger partial charge < -0.3 is 9.26 Å². The summed E-state index contributed by atoms with van der Waals surface area (Å²) in [5, 5.41) is 8.51. The van der Waals surface area contributed by atoms with Gasteiger partial charge in [0.05, 0.1) is 30.1 Å². The second-order valence-electron chi connectivity index (χ2n) is 6.46. The Labute approximate surface area is 171 Å². The summed E-state index contributed by atoms with van der Waals surface area (Å²) in [7, 11) is 0. The fourth-order valence-corrected chi connectivity index (χ4v) is 2.99. The van der Waals surface area contributed by atoms with Gasteiger partial charge in [0.2, 0.25) is 0 Å². The van der Waals surface area contributed by atoms with Crippen LogP contribution in [0, 0.1) is 12.7 Å². The first-order valence-corrected chi connectivity index (χ1v) is 9.30. The molecule has 4 rings (SSSR count). The highest BCUT2D eigenvalue weighted by Crippen LogP contribution is 2.25. The van der Waals surface area contributed by atoms with E-state index >= 15 is 0 Å². The van der Waals surface area contributed by atoms with Crippen molar-refractivity contribution in [2.24, 2.45) is 0 Å². The molecule has 0 atom stereocenters. The van der Waals surface area contributed by atoms with Crippen molar-refractivity contribution in [3.8, 4) is 22.9 Å². The number of hydrogen-bond acceptors (Lipinski definition) is 7. The molecule has 0 bridgehead atoms. The van der Waals surface area contributed by atoms with E-state index in [9.17, 15) is 9.18 Å². The van der Waals surface area contributed by atoms with Crippen molar-refractivity contribution in [1.82, 2.24) is 24.9 Å². The van der Waals surface area contributed by atoms with Gasteiger partial charge in [-0.25, -0.2) is 19.2 Å². The third kappa shape index (κ3) is 3.82. The zero-order valence-electron chi connectivity index (χ0n) is 16.4. The van der Waals surface area contributed by atoms with Crippen LogP contribution in [0.5, 0.6) is 0 Å². The summed E-state index contributed by atoms with van der Waals surface area (Å²) >= 11 is 0. The number of halogens is 1. The normalized spacial score (nSPS) is 10.9. The molecule has 30 heavy (non-hydrogen) atoms. The van der Waals surface area contributed by atoms with Crippen molar-refractivity contribution in [2.45, 2.75) is 20.4 Å². The summed E-state index contributed by atoms with van der Waals surface area (Å²) in [6.07, 6.45) is 2.87. The summed E-state index contributed by atoms with van der Waals surface area (Å²) in [4.78, 5) is 20.7. The van der Waals surface area contributed by atoms with Crippen LogP contribution in [-0.2, 0) is 11.3 Å². The highest BCUT2D eigenvalue weighted by Gasteiger charge is 2.19. The standard InChI is InChI=1S/C21H18FN5O3/c1-3-29-21(28)15-11-23-20(24-13(15)2)18-10-19(17-8-9-30-26-17)27(25-18)12-14-6-4-5-7-16(14)22/h4-11H,3,12H2,1-2H3. The van der Waals surface area contributed by atoms with Crippen LogP contribution in [0.25, 0.3) is 22.9 Å². The molecule has 0 aliphatic carbocycles. The largest absolute Gasteiger partial charge is 0.462 e. The van der Waals surface area contributed by atoms with Gasteiger partial charge >= 0.3 is 5.97 Å². The lowest BCUT2D eigenvalue weighted by molar-refractivity contribution is 0.0524. The monoisotopic (exact) mass is 407 g/mol. The fraction of sp³-hybridized carbons (Fsp3) is 0.190. The lowest BCUT2D eigenvalue weighted by Gasteiger charge is -2.07. The van der Waals surface area contributed by atoms with Gasteiger partial charge in [0.25, 0.3) is 0 Å². The topological polar surface area (TPSA) is 95.9 Å². The molecule has 0 aliphatic heterocycles. The van der Waals surface area contributed by atoms with Crippen molar-refractivity contribution in [1.29, 1.82) is 0 Å². The average molecular weight is 407 g/mol. The summed E-state index contributed by atoms with van der Waals surface area (Å²) in [5.41, 5.74) is 2.88. The first-order valence-electron chi connectivity index (χ1n) is 9.30. The van der Waals surface area contributed by atoms with Crippen molar-refractivity contribution >= 4 is 5.97 Å². The van der Waals surface area contributed by atoms with Crippen LogP contribution < -0.4 is 0 Å². The fourth-order valence-electron chi connectivity index (χ4n) is 2.99. The molecule has 1 aromatic carbocycles. The summed E-state index contributed by atoms with van der Waals surface area (Å²) in [5.74, 6) is -0.473. The van der Waals surface area contributed by atoms with Crippen molar-refractivity contribution in [2.75, 3.05) is 6.61 Å². The second kappa shape index (κ2) is 8.24. The third-order valence-corrected chi connectivity index (χ3v) is 4.46. The van der Waals surface area contributed by atoms with Gasteiger partial charge in [0, 0.05) is 17.8 Å². The number of hydrogen-bond donors (Lipinski definition) is 0. The van der Waals surface area contributed by atoms with Gasteiger partial charge in [-0.3, -0.25) is 4.68 Å². The van der Waals surface area contributed by atoms with Crippen LogP contribution >= 0.6 is 0 Å². The molecule has 0 amide bonds. The van der Waals surface area contributed by atoms with Gasteiger partial charge in [-0.2, -0.15) is 5.10 Å². The maximum absolute atomic E-state index is 14.2. The van der Waals surface area contributed by atoms with E-state index in [4.69, 9.17) is 9.26 Å². The number of aryl methyl sites for hydroxylation is 1. The van der Waals surface area contributed by atoms with Crippen molar-refractivity contribution in [3.63, 3.8) is 0 Å². The number of nitrogens with zero attached hydrogens (tertiary/aromatic N) is 5. The number of esters is 1. The van der Waals surface area contributed by atoms with Gasteiger partial charge in [-0.1, -0.05) is 23.4 Å². The molecule has 0 fully saturated rings. The van der Waals surface area contributed by atoms with Gasteiger partial charge in [0.1, 0.15) is 23.5 Å². The van der Waals surface area contributed by atoms with Crippen LogP contribution in [0.1, 0.15) is 28.5 Å². The molecule has 0 unspecified atom stereocenters. The smallest absolute Gasteiger partial charge is 0.341 e. The van der Waals surface area contributed by atoms with Crippen molar-refractivity contribution < 1.29 is 18.4 Å². The Hall–Kier alpha value is -3.88. The van der Waals surface area contributed by atoms with E-state index in [1.54, 1.807) is 48.9 Å². The third-order valence-electron chi connectivity index (χ3n) is 4.46. The molecule has 3 heterocycles. The van der Waals surface area contributed by atoms with Crippen LogP contribution in [0.4, 0.5) is 4.39 Å². The minimum Gasteiger partial charge on any atom is -0.462 e. The molecule has 9 heteroatoms. The van der Waals surface area contributed by atoms with Crippen LogP contribution in [-0.4, -0.2) is 37.5 Å². The molecule has 0 spiro atoms. The zero-order valence-corrected chi connectivity index (χ0v) is 16.4. The number of benzene rings is 1. The molecule has 0 aliphatic rings. The Bertz CT molecular complexity index is 1190. The molecule has 0 saturated heterocycles. The van der Waals surface area contributed by atoms with Crippen LogP contribution in [0.3, 0.4) is 0 Å². The maximum Gasteiger partial charge on any atom is 0.341 e. The molecule has 152 valence electrons. The second-order valence-corrected chi connectivity index (χ2v) is 6.46. The van der Waals surface area contributed by atoms with E-state index in [0.29, 0.717) is 39.7 Å². The van der Waals surface area contributed by atoms with E-state index in [1.165, 1.54) is 18.5 Å². The van der Waals surface area contributed by atoms with E-state index in [-0.39, 0.29) is 19.0 Å². The number of rotatable bonds is 6. The number of ether oxygens (including phenoxy) is 1. The lowest BCUT2D eigenvalue weighted by atomic mass is 10.2.